The molecule has 22 rings (SSSR count). The highest BCUT2D eigenvalue weighted by molar-refractivity contribution is 6.31. The van der Waals surface area contributed by atoms with Gasteiger partial charge in [-0.15, -0.1) is 0 Å². The highest BCUT2D eigenvalue weighted by atomic mass is 35.5. The summed E-state index contributed by atoms with van der Waals surface area (Å²) in [7, 11) is 0. The van der Waals surface area contributed by atoms with Crippen LogP contribution in [0.1, 0.15) is 26.0 Å². The third kappa shape index (κ3) is 10.7. The summed E-state index contributed by atoms with van der Waals surface area (Å²) in [6.45, 7) is 0. The molecule has 0 bridgehead atoms. The normalized spacial score (nSPS) is 11.7. The van der Waals surface area contributed by atoms with Gasteiger partial charge in [0.1, 0.15) is 0 Å². The smallest absolute Gasteiger partial charge is 0.240 e. The van der Waals surface area contributed by atoms with Gasteiger partial charge in [-0.1, -0.05) is 245 Å². The van der Waals surface area contributed by atoms with E-state index in [1.807, 2.05) is 48.5 Å². The largest absolute Gasteiger partial charge is 0.309 e. The molecule has 0 amide bonds. The molecule has 0 atom stereocenters. The minimum absolute atomic E-state index is 0. The molecule has 0 spiro atoms. The molecule has 0 saturated carbocycles. The zero-order valence-electron chi connectivity index (χ0n) is 55.6. The van der Waals surface area contributed by atoms with Crippen molar-refractivity contribution in [1.82, 2.24) is 52.7 Å². The Morgan fingerprint density at radius 1 is 0.217 bits per heavy atom. The fourth-order valence-electron chi connectivity index (χ4n) is 15.8. The number of hydrogen-bond acceptors (Lipinski definition) is 6. The van der Waals surface area contributed by atoms with Crippen molar-refractivity contribution < 1.29 is 0 Å². The van der Waals surface area contributed by atoms with E-state index in [2.05, 4.69) is 323 Å². The standard InChI is InChI=1S/C57H35N7.C25H17N.C9H5Cl2N3.2CH4/c1-4-18-36(19-5-1)55-58-56(63-49-30-16-12-26-41(49)45-32-43-39-24-10-14-28-47(39)61(51(43)34-53(45)63)37-20-6-2-7-21-37)60-57(59-55)64-50-31-17-13-27-42(50)46-33-44-40-25-11-15-29-48(40)62(52(44)35-54(46)64)38-22-8-3-9-23-38;1-2-9-19(10-3-1)26-24-13-7-6-12-21(24)23-16-22-18(15-25(23)26)14-17-8-4-5-11-20(17)22;10-8-12-7(13-9(11)14-8)6-4-2-1-3-5-6;;/h1-35H;1-13,15-16H,14H2;1-5H;2*1H4. The lowest BCUT2D eigenvalue weighted by Gasteiger charge is -2.13. The second-order valence-electron chi connectivity index (χ2n) is 26.1. The van der Waals surface area contributed by atoms with Gasteiger partial charge in [0.2, 0.25) is 22.5 Å². The molecule has 0 aliphatic heterocycles. The molecule has 0 unspecified atom stereocenters. The van der Waals surface area contributed by atoms with E-state index in [0.717, 1.165) is 94.6 Å². The molecule has 13 heteroatoms. The van der Waals surface area contributed by atoms with Gasteiger partial charge in [-0.2, -0.15) is 29.9 Å². The topological polar surface area (TPSA) is 102 Å². The molecule has 1 aliphatic carbocycles. The maximum absolute atomic E-state index is 5.65. The van der Waals surface area contributed by atoms with Crippen LogP contribution in [0.2, 0.25) is 10.6 Å². The molecule has 106 heavy (non-hydrogen) atoms. The van der Waals surface area contributed by atoms with E-state index >= 15 is 0 Å². The maximum Gasteiger partial charge on any atom is 0.240 e. The summed E-state index contributed by atoms with van der Waals surface area (Å²) in [5, 5.41) is 12.2. The van der Waals surface area contributed by atoms with Gasteiger partial charge in [-0.05, 0) is 155 Å². The van der Waals surface area contributed by atoms with E-state index in [1.54, 1.807) is 0 Å². The first kappa shape index (κ1) is 64.8. The fraction of sp³-hybridized carbons (Fsp3) is 0.0323. The zero-order chi connectivity index (χ0) is 68.9. The molecule has 0 radical (unpaired) electrons. The van der Waals surface area contributed by atoms with E-state index in [-0.39, 0.29) is 25.4 Å². The average Bonchev–Trinajstić information content (AvgIpc) is 1.54. The highest BCUT2D eigenvalue weighted by Gasteiger charge is 2.26. The third-order valence-electron chi connectivity index (χ3n) is 20.2. The van der Waals surface area contributed by atoms with Gasteiger partial charge in [-0.25, -0.2) is 0 Å². The third-order valence-corrected chi connectivity index (χ3v) is 20.6. The van der Waals surface area contributed by atoms with Gasteiger partial charge >= 0.3 is 0 Å². The van der Waals surface area contributed by atoms with E-state index in [0.29, 0.717) is 23.5 Å². The number of halogens is 2. The second-order valence-corrected chi connectivity index (χ2v) is 26.8. The Morgan fingerprint density at radius 3 is 0.915 bits per heavy atom. The maximum atomic E-state index is 5.65. The van der Waals surface area contributed by atoms with Crippen LogP contribution in [0.15, 0.2) is 334 Å². The van der Waals surface area contributed by atoms with Crippen molar-refractivity contribution in [2.45, 2.75) is 21.3 Å². The Morgan fingerprint density at radius 2 is 0.519 bits per heavy atom. The van der Waals surface area contributed by atoms with Crippen LogP contribution in [-0.4, -0.2) is 52.7 Å². The van der Waals surface area contributed by atoms with Crippen LogP contribution in [0.4, 0.5) is 0 Å². The van der Waals surface area contributed by atoms with Crippen LogP contribution in [0.5, 0.6) is 0 Å². The predicted molar refractivity (Wildman–Crippen MR) is 440 cm³/mol. The number of nitrogens with zero attached hydrogens (tertiary/aromatic N) is 11. The van der Waals surface area contributed by atoms with E-state index in [9.17, 15) is 0 Å². The summed E-state index contributed by atoms with van der Waals surface area (Å²) in [4.78, 5) is 27.9. The number of para-hydroxylation sites is 8. The van der Waals surface area contributed by atoms with Gasteiger partial charge in [0.15, 0.2) is 11.6 Å². The lowest BCUT2D eigenvalue weighted by molar-refractivity contribution is 0.893. The summed E-state index contributed by atoms with van der Waals surface area (Å²) in [6.07, 6.45) is 1.03. The highest BCUT2D eigenvalue weighted by Crippen LogP contribution is 2.45. The van der Waals surface area contributed by atoms with Gasteiger partial charge in [0.05, 0.1) is 55.2 Å². The van der Waals surface area contributed by atoms with Gasteiger partial charge in [-0.3, -0.25) is 9.13 Å². The minimum Gasteiger partial charge on any atom is -0.309 e. The van der Waals surface area contributed by atoms with Crippen molar-refractivity contribution in [3.05, 3.63) is 355 Å². The molecular formula is C93H65Cl2N11. The van der Waals surface area contributed by atoms with Crippen molar-refractivity contribution in [3.8, 4) is 62.9 Å². The lowest BCUT2D eigenvalue weighted by Crippen LogP contribution is -2.10. The van der Waals surface area contributed by atoms with Crippen LogP contribution in [0.25, 0.3) is 172 Å². The first-order valence-corrected chi connectivity index (χ1v) is 35.4. The van der Waals surface area contributed by atoms with Gasteiger partial charge < -0.3 is 13.7 Å². The Kier molecular flexibility index (Phi) is 16.2. The quantitative estimate of drug-likeness (QED) is 0.158. The van der Waals surface area contributed by atoms with Crippen molar-refractivity contribution in [2.75, 3.05) is 0 Å². The SMILES string of the molecule is C.C.Clc1nc(Cl)nc(-c2ccccc2)n1.c1ccc(-c2nc(-n3c4ccccc4c4cc5c6ccccc6n(-c6ccccc6)c5cc43)nc(-n3c4ccccc4c4cc5c6ccccc6n(-c6ccccc6)c5cc43)n2)cc1.c1ccc(-n2c3ccccc3c3cc4c(cc32)Cc2ccccc2-4)cc1. The van der Waals surface area contributed by atoms with Crippen LogP contribution < -0.4 is 0 Å². The molecule has 0 saturated heterocycles. The van der Waals surface area contributed by atoms with Crippen LogP contribution >= 0.6 is 23.2 Å². The zero-order valence-corrected chi connectivity index (χ0v) is 57.1. The van der Waals surface area contributed by atoms with Crippen LogP contribution in [-0.2, 0) is 6.42 Å². The number of hydrogen-bond donors (Lipinski definition) is 0. The molecule has 14 aromatic carbocycles. The summed E-state index contributed by atoms with van der Waals surface area (Å²) in [6, 6.07) is 118. The number of rotatable bonds is 7. The predicted octanol–water partition coefficient (Wildman–Crippen LogP) is 24.4. The summed E-state index contributed by atoms with van der Waals surface area (Å²) < 4.78 is 11.6. The first-order chi connectivity index (χ1) is 51.4. The summed E-state index contributed by atoms with van der Waals surface area (Å²) in [5.41, 5.74) is 22.0. The summed E-state index contributed by atoms with van der Waals surface area (Å²) >= 11 is 11.3. The summed E-state index contributed by atoms with van der Waals surface area (Å²) in [5.74, 6) is 2.16. The Bertz CT molecular complexity index is 6690. The van der Waals surface area contributed by atoms with Crippen molar-refractivity contribution in [3.63, 3.8) is 0 Å². The molecule has 7 aromatic heterocycles. The Labute approximate surface area is 620 Å². The lowest BCUT2D eigenvalue weighted by atomic mass is 10.0. The number of aromatic nitrogens is 11. The van der Waals surface area contributed by atoms with E-state index in [1.165, 1.54) is 71.3 Å². The molecule has 11 nitrogen and oxygen atoms in total. The van der Waals surface area contributed by atoms with E-state index < -0.39 is 0 Å². The van der Waals surface area contributed by atoms with Crippen molar-refractivity contribution in [2.24, 2.45) is 0 Å². The molecular weight excluding hydrogens is 1340 g/mol. The van der Waals surface area contributed by atoms with Crippen molar-refractivity contribution >= 4 is 132 Å². The monoisotopic (exact) mass is 1410 g/mol. The van der Waals surface area contributed by atoms with Gasteiger partial charge in [0, 0.05) is 82.1 Å². The van der Waals surface area contributed by atoms with E-state index in [4.69, 9.17) is 38.2 Å². The number of benzene rings is 14. The minimum atomic E-state index is 0. The molecule has 506 valence electrons. The van der Waals surface area contributed by atoms with Gasteiger partial charge in [0.25, 0.3) is 0 Å². The Balaban J connectivity index is 0.000000154. The first-order valence-electron chi connectivity index (χ1n) is 34.6. The molecule has 0 N–H and O–H groups in total. The fourth-order valence-corrected chi connectivity index (χ4v) is 16.1. The molecule has 7 heterocycles. The van der Waals surface area contributed by atoms with Crippen LogP contribution in [0, 0.1) is 0 Å². The Hall–Kier alpha value is -13.3. The average molecular weight is 1410 g/mol. The second kappa shape index (κ2) is 26.5. The number of fused-ring (bicyclic) bond motifs is 18. The molecule has 0 fully saturated rings. The molecule has 1 aliphatic rings. The van der Waals surface area contributed by atoms with Crippen molar-refractivity contribution in [1.29, 1.82) is 0 Å². The molecule has 21 aromatic rings. The van der Waals surface area contributed by atoms with Crippen LogP contribution in [0.3, 0.4) is 0 Å².